The SMILES string of the molecule is C=C(C)[C@H]1C[C@H](c2ccc(F)cc2)[C@H](C)O[C@@H]1c1ccccc1OCC(=O)O. The summed E-state index contributed by atoms with van der Waals surface area (Å²) >= 11 is 0. The van der Waals surface area contributed by atoms with E-state index in [-0.39, 0.29) is 29.9 Å². The molecule has 0 aliphatic carbocycles. The highest BCUT2D eigenvalue weighted by molar-refractivity contribution is 5.68. The third-order valence-electron chi connectivity index (χ3n) is 5.31. The Balaban J connectivity index is 1.90. The molecule has 3 rings (SSSR count). The van der Waals surface area contributed by atoms with Gasteiger partial charge in [0.2, 0.25) is 0 Å². The molecule has 2 aromatic rings. The molecule has 148 valence electrons. The summed E-state index contributed by atoms with van der Waals surface area (Å²) in [4.78, 5) is 10.9. The predicted molar refractivity (Wildman–Crippen MR) is 105 cm³/mol. The van der Waals surface area contributed by atoms with Gasteiger partial charge in [-0.15, -0.1) is 0 Å². The molecule has 1 aliphatic heterocycles. The molecule has 2 aromatic carbocycles. The maximum absolute atomic E-state index is 13.3. The maximum atomic E-state index is 13.3. The van der Waals surface area contributed by atoms with Crippen LogP contribution in [-0.4, -0.2) is 23.8 Å². The molecule has 4 atom stereocenters. The van der Waals surface area contributed by atoms with Crippen molar-refractivity contribution in [1.82, 2.24) is 0 Å². The summed E-state index contributed by atoms with van der Waals surface area (Å²) < 4.78 is 25.2. The normalized spacial score (nSPS) is 24.5. The van der Waals surface area contributed by atoms with E-state index in [1.807, 2.05) is 32.0 Å². The number of hydrogen-bond acceptors (Lipinski definition) is 3. The fourth-order valence-electron chi connectivity index (χ4n) is 3.86. The van der Waals surface area contributed by atoms with Crippen molar-refractivity contribution in [3.05, 3.63) is 77.6 Å². The van der Waals surface area contributed by atoms with Crippen molar-refractivity contribution in [1.29, 1.82) is 0 Å². The molecule has 1 aliphatic rings. The van der Waals surface area contributed by atoms with E-state index in [0.717, 1.165) is 23.1 Å². The summed E-state index contributed by atoms with van der Waals surface area (Å²) in [5, 5.41) is 8.94. The Bertz CT molecular complexity index is 846. The van der Waals surface area contributed by atoms with Gasteiger partial charge in [-0.25, -0.2) is 9.18 Å². The largest absolute Gasteiger partial charge is 0.482 e. The molecule has 0 aromatic heterocycles. The van der Waals surface area contributed by atoms with Crippen molar-refractivity contribution >= 4 is 5.97 Å². The molecule has 4 nitrogen and oxygen atoms in total. The molecular formula is C23H25FO4. The molecule has 1 saturated heterocycles. The maximum Gasteiger partial charge on any atom is 0.341 e. The molecule has 0 bridgehead atoms. The lowest BCUT2D eigenvalue weighted by atomic mass is 9.76. The Morgan fingerprint density at radius 2 is 1.93 bits per heavy atom. The zero-order chi connectivity index (χ0) is 20.3. The number of halogens is 1. The predicted octanol–water partition coefficient (Wildman–Crippen LogP) is 5.12. The van der Waals surface area contributed by atoms with Crippen LogP contribution in [0.5, 0.6) is 5.75 Å². The Morgan fingerprint density at radius 3 is 2.57 bits per heavy atom. The van der Waals surface area contributed by atoms with E-state index in [1.165, 1.54) is 12.1 Å². The van der Waals surface area contributed by atoms with Gasteiger partial charge >= 0.3 is 5.97 Å². The Morgan fingerprint density at radius 1 is 1.25 bits per heavy atom. The van der Waals surface area contributed by atoms with E-state index in [1.54, 1.807) is 18.2 Å². The van der Waals surface area contributed by atoms with E-state index in [2.05, 4.69) is 6.58 Å². The number of carboxylic acid groups (broad SMARTS) is 1. The average molecular weight is 384 g/mol. The first-order valence-electron chi connectivity index (χ1n) is 9.36. The van der Waals surface area contributed by atoms with Crippen molar-refractivity contribution in [2.45, 2.75) is 38.4 Å². The molecule has 28 heavy (non-hydrogen) atoms. The number of rotatable bonds is 6. The molecule has 0 spiro atoms. The lowest BCUT2D eigenvalue weighted by Crippen LogP contribution is -2.34. The molecule has 0 amide bonds. The fourth-order valence-corrected chi connectivity index (χ4v) is 3.86. The van der Waals surface area contributed by atoms with E-state index < -0.39 is 12.6 Å². The summed E-state index contributed by atoms with van der Waals surface area (Å²) in [7, 11) is 0. The fraction of sp³-hybridized carbons (Fsp3) is 0.348. The summed E-state index contributed by atoms with van der Waals surface area (Å²) in [6.07, 6.45) is 0.424. The number of hydrogen-bond donors (Lipinski definition) is 1. The van der Waals surface area contributed by atoms with Crippen LogP contribution in [0.1, 0.15) is 43.4 Å². The van der Waals surface area contributed by atoms with Gasteiger partial charge in [0.1, 0.15) is 11.6 Å². The first-order valence-corrected chi connectivity index (χ1v) is 9.36. The number of carboxylic acids is 1. The highest BCUT2D eigenvalue weighted by Gasteiger charge is 2.39. The number of para-hydroxylation sites is 1. The van der Waals surface area contributed by atoms with Crippen LogP contribution in [0, 0.1) is 11.7 Å². The second kappa shape index (κ2) is 8.57. The van der Waals surface area contributed by atoms with Gasteiger partial charge in [-0.1, -0.05) is 42.5 Å². The van der Waals surface area contributed by atoms with E-state index in [0.29, 0.717) is 5.75 Å². The number of ether oxygens (including phenoxy) is 2. The van der Waals surface area contributed by atoms with Crippen LogP contribution in [0.3, 0.4) is 0 Å². The summed E-state index contributed by atoms with van der Waals surface area (Å²) in [6, 6.07) is 13.9. The van der Waals surface area contributed by atoms with Gasteiger partial charge in [0, 0.05) is 17.4 Å². The van der Waals surface area contributed by atoms with Crippen LogP contribution in [0.4, 0.5) is 4.39 Å². The topological polar surface area (TPSA) is 55.8 Å². The Labute approximate surface area is 164 Å². The van der Waals surface area contributed by atoms with E-state index in [9.17, 15) is 9.18 Å². The van der Waals surface area contributed by atoms with Crippen molar-refractivity contribution in [2.24, 2.45) is 5.92 Å². The second-order valence-corrected chi connectivity index (χ2v) is 7.33. The van der Waals surface area contributed by atoms with Crippen LogP contribution in [-0.2, 0) is 9.53 Å². The average Bonchev–Trinajstić information content (AvgIpc) is 2.67. The Kier molecular flexibility index (Phi) is 6.15. The molecule has 0 saturated carbocycles. The minimum Gasteiger partial charge on any atom is -0.482 e. The van der Waals surface area contributed by atoms with Gasteiger partial charge in [-0.05, 0) is 44.0 Å². The van der Waals surface area contributed by atoms with Gasteiger partial charge in [0.05, 0.1) is 12.2 Å². The molecule has 1 heterocycles. The lowest BCUT2D eigenvalue weighted by Gasteiger charge is -2.41. The van der Waals surface area contributed by atoms with Gasteiger partial charge < -0.3 is 14.6 Å². The quantitative estimate of drug-likeness (QED) is 0.703. The van der Waals surface area contributed by atoms with Crippen molar-refractivity contribution in [3.8, 4) is 5.75 Å². The molecule has 0 radical (unpaired) electrons. The highest BCUT2D eigenvalue weighted by Crippen LogP contribution is 2.47. The monoisotopic (exact) mass is 384 g/mol. The molecule has 0 unspecified atom stereocenters. The second-order valence-electron chi connectivity index (χ2n) is 7.33. The van der Waals surface area contributed by atoms with Crippen LogP contribution in [0.2, 0.25) is 0 Å². The van der Waals surface area contributed by atoms with Crippen LogP contribution >= 0.6 is 0 Å². The lowest BCUT2D eigenvalue weighted by molar-refractivity contribution is -0.139. The molecule has 1 fully saturated rings. The first kappa shape index (κ1) is 20.1. The number of benzene rings is 2. The van der Waals surface area contributed by atoms with E-state index in [4.69, 9.17) is 14.6 Å². The van der Waals surface area contributed by atoms with Gasteiger partial charge in [0.25, 0.3) is 0 Å². The number of aliphatic carboxylic acids is 1. The third kappa shape index (κ3) is 4.42. The number of carbonyl (C=O) groups is 1. The van der Waals surface area contributed by atoms with E-state index >= 15 is 0 Å². The summed E-state index contributed by atoms with van der Waals surface area (Å²) in [5.41, 5.74) is 2.84. The van der Waals surface area contributed by atoms with Gasteiger partial charge in [0.15, 0.2) is 6.61 Å². The molecule has 5 heteroatoms. The zero-order valence-corrected chi connectivity index (χ0v) is 16.1. The van der Waals surface area contributed by atoms with Crippen LogP contribution < -0.4 is 4.74 Å². The third-order valence-corrected chi connectivity index (χ3v) is 5.31. The smallest absolute Gasteiger partial charge is 0.341 e. The van der Waals surface area contributed by atoms with Crippen LogP contribution in [0.15, 0.2) is 60.7 Å². The molecule has 1 N–H and O–H groups in total. The van der Waals surface area contributed by atoms with Crippen molar-refractivity contribution in [2.75, 3.05) is 6.61 Å². The molecular weight excluding hydrogens is 359 g/mol. The minimum atomic E-state index is -1.03. The minimum absolute atomic E-state index is 0.0285. The van der Waals surface area contributed by atoms with Crippen LogP contribution in [0.25, 0.3) is 0 Å². The standard InChI is InChI=1S/C23H25FO4/c1-14(2)19-12-20(16-8-10-17(24)11-9-16)15(3)28-23(19)18-6-4-5-7-21(18)27-13-22(25)26/h4-11,15,19-20,23H,1,12-13H2,2-3H3,(H,25,26)/t15-,19+,20-,23+/m0/s1. The first-order chi connectivity index (χ1) is 13.4. The van der Waals surface area contributed by atoms with Gasteiger partial charge in [-0.3, -0.25) is 0 Å². The Hall–Kier alpha value is -2.66. The summed E-state index contributed by atoms with van der Waals surface area (Å²) in [6.45, 7) is 7.73. The summed E-state index contributed by atoms with van der Waals surface area (Å²) in [5.74, 6) is -0.632. The highest BCUT2D eigenvalue weighted by atomic mass is 19.1. The van der Waals surface area contributed by atoms with Crippen molar-refractivity contribution in [3.63, 3.8) is 0 Å². The van der Waals surface area contributed by atoms with Gasteiger partial charge in [-0.2, -0.15) is 0 Å². The van der Waals surface area contributed by atoms with Crippen molar-refractivity contribution < 1.29 is 23.8 Å². The zero-order valence-electron chi connectivity index (χ0n) is 16.1.